The van der Waals surface area contributed by atoms with Gasteiger partial charge in [0.25, 0.3) is 0 Å². The average molecular weight is 1110 g/mol. The molecule has 0 heterocycles. The number of para-hydroxylation sites is 4. The van der Waals surface area contributed by atoms with Crippen LogP contribution >= 0.6 is 0 Å². The first-order valence-electron chi connectivity index (χ1n) is 30.0. The molecular weight excluding hydrogens is 1050 g/mol. The number of fused-ring (bicyclic) bond motifs is 3. The lowest BCUT2D eigenvalue weighted by Gasteiger charge is -2.36. The zero-order valence-electron chi connectivity index (χ0n) is 48.0. The van der Waals surface area contributed by atoms with Gasteiger partial charge in [0.15, 0.2) is 0 Å². The summed E-state index contributed by atoms with van der Waals surface area (Å²) in [5.41, 5.74) is 27.3. The van der Waals surface area contributed by atoms with Gasteiger partial charge >= 0.3 is 0 Å². The zero-order valence-corrected chi connectivity index (χ0v) is 48.0. The van der Waals surface area contributed by atoms with E-state index in [1.807, 2.05) is 0 Å². The van der Waals surface area contributed by atoms with Crippen molar-refractivity contribution in [2.24, 2.45) is 0 Å². The van der Waals surface area contributed by atoms with Crippen LogP contribution < -0.4 is 9.80 Å². The SMILES string of the molecule is c1ccc(-c2ccc(-c3ccc(-c4ccc(C5(c6ccc(-c7ccc(-c8ccc(-c9ccccc9)cc8)cc7)cc6)c6cc(N(c7ccccc7)c7ccccc7)ccc6-c6ccc(N(c7ccccc7)c7ccccc7)cc65)cc4)cc3)cc2)cc1. The van der Waals surface area contributed by atoms with Gasteiger partial charge in [-0.3, -0.25) is 0 Å². The monoisotopic (exact) mass is 1110 g/mol. The number of benzene rings is 14. The summed E-state index contributed by atoms with van der Waals surface area (Å²) in [4.78, 5) is 4.78. The van der Waals surface area contributed by atoms with Gasteiger partial charge in [0, 0.05) is 34.1 Å². The van der Waals surface area contributed by atoms with Gasteiger partial charge in [-0.05, 0) is 173 Å². The number of rotatable bonds is 14. The van der Waals surface area contributed by atoms with Crippen molar-refractivity contribution in [2.45, 2.75) is 5.41 Å². The molecule has 0 saturated carbocycles. The van der Waals surface area contributed by atoms with E-state index in [1.54, 1.807) is 0 Å². The number of anilines is 6. The number of nitrogens with zero attached hydrogens (tertiary/aromatic N) is 2. The Balaban J connectivity index is 0.887. The van der Waals surface area contributed by atoms with Crippen molar-refractivity contribution >= 4 is 34.1 Å². The summed E-state index contributed by atoms with van der Waals surface area (Å²) in [5.74, 6) is 0. The summed E-state index contributed by atoms with van der Waals surface area (Å²) in [6.07, 6.45) is 0. The lowest BCUT2D eigenvalue weighted by molar-refractivity contribution is 0.768. The Morgan fingerprint density at radius 2 is 0.356 bits per heavy atom. The second-order valence-electron chi connectivity index (χ2n) is 22.4. The van der Waals surface area contributed by atoms with Gasteiger partial charge in [-0.15, -0.1) is 0 Å². The Kier molecular flexibility index (Phi) is 13.9. The molecule has 0 saturated heterocycles. The lowest BCUT2D eigenvalue weighted by atomic mass is 9.67. The van der Waals surface area contributed by atoms with Crippen LogP contribution in [0.3, 0.4) is 0 Å². The van der Waals surface area contributed by atoms with E-state index in [0.717, 1.165) is 45.3 Å². The third-order valence-electron chi connectivity index (χ3n) is 17.4. The van der Waals surface area contributed by atoms with Crippen LogP contribution in [0, 0.1) is 0 Å². The number of hydrogen-bond acceptors (Lipinski definition) is 2. The standard InChI is InChI=1S/C85H60N2/c1-7-19-61(20-8-1)63-31-35-65(36-32-63)67-39-43-69(44-40-67)71-47-51-73(52-48-71)85(74-53-49-72(50-54-74)70-45-41-68(42-46-70)66-37-33-64(34-38-66)62-21-9-2-10-22-62)83-59-79(86(75-23-11-3-12-24-75)76-25-13-4-14-26-76)55-57-81(83)82-58-56-80(60-84(82)85)87(77-27-15-5-16-28-77)78-29-17-6-18-30-78/h1-60H. The minimum atomic E-state index is -0.780. The Morgan fingerprint density at radius 1 is 0.161 bits per heavy atom. The lowest BCUT2D eigenvalue weighted by Crippen LogP contribution is -2.29. The molecule has 0 atom stereocenters. The molecule has 14 aromatic rings. The topological polar surface area (TPSA) is 6.48 Å². The fourth-order valence-electron chi connectivity index (χ4n) is 13.1. The summed E-state index contributed by atoms with van der Waals surface area (Å²) in [6, 6.07) is 133. The van der Waals surface area contributed by atoms with Crippen molar-refractivity contribution in [2.75, 3.05) is 9.80 Å². The Labute approximate surface area is 510 Å². The summed E-state index contributed by atoms with van der Waals surface area (Å²) >= 11 is 0. The molecule has 0 aliphatic heterocycles. The first-order chi connectivity index (χ1) is 43.1. The highest BCUT2D eigenvalue weighted by Gasteiger charge is 2.47. The van der Waals surface area contributed by atoms with Crippen LogP contribution in [0.5, 0.6) is 0 Å². The largest absolute Gasteiger partial charge is 0.310 e. The van der Waals surface area contributed by atoms with E-state index in [2.05, 4.69) is 374 Å². The summed E-state index contributed by atoms with van der Waals surface area (Å²) in [5, 5.41) is 0. The first-order valence-corrected chi connectivity index (χ1v) is 30.0. The van der Waals surface area contributed by atoms with Gasteiger partial charge in [0.2, 0.25) is 0 Å². The zero-order chi connectivity index (χ0) is 57.9. The molecule has 410 valence electrons. The van der Waals surface area contributed by atoms with Crippen LogP contribution in [0.4, 0.5) is 34.1 Å². The van der Waals surface area contributed by atoms with E-state index in [9.17, 15) is 0 Å². The van der Waals surface area contributed by atoms with Crippen molar-refractivity contribution in [1.82, 2.24) is 0 Å². The van der Waals surface area contributed by atoms with E-state index >= 15 is 0 Å². The maximum atomic E-state index is 2.47. The van der Waals surface area contributed by atoms with Gasteiger partial charge < -0.3 is 9.80 Å². The van der Waals surface area contributed by atoms with E-state index in [-0.39, 0.29) is 0 Å². The predicted octanol–water partition coefficient (Wildman–Crippen LogP) is 23.0. The van der Waals surface area contributed by atoms with Crippen LogP contribution in [0.1, 0.15) is 22.3 Å². The molecule has 1 aliphatic rings. The first kappa shape index (κ1) is 52.5. The van der Waals surface area contributed by atoms with Crippen LogP contribution in [-0.4, -0.2) is 0 Å². The fourth-order valence-corrected chi connectivity index (χ4v) is 13.1. The molecule has 0 unspecified atom stereocenters. The molecular formula is C85H60N2. The smallest absolute Gasteiger partial charge is 0.0715 e. The molecule has 0 aromatic heterocycles. The highest BCUT2D eigenvalue weighted by Crippen LogP contribution is 2.59. The van der Waals surface area contributed by atoms with Crippen molar-refractivity contribution < 1.29 is 0 Å². The van der Waals surface area contributed by atoms with Crippen molar-refractivity contribution in [3.8, 4) is 77.9 Å². The normalized spacial score (nSPS) is 12.0. The Morgan fingerprint density at radius 3 is 0.586 bits per heavy atom. The molecule has 0 radical (unpaired) electrons. The molecule has 15 rings (SSSR count). The maximum absolute atomic E-state index is 2.47. The van der Waals surface area contributed by atoms with E-state index in [0.29, 0.717) is 0 Å². The van der Waals surface area contributed by atoms with Gasteiger partial charge in [0.1, 0.15) is 0 Å². The van der Waals surface area contributed by atoms with E-state index in [1.165, 1.54) is 89.0 Å². The molecule has 0 bridgehead atoms. The molecule has 0 N–H and O–H groups in total. The van der Waals surface area contributed by atoms with Crippen molar-refractivity contribution in [3.63, 3.8) is 0 Å². The summed E-state index contributed by atoms with van der Waals surface area (Å²) in [6.45, 7) is 0. The maximum Gasteiger partial charge on any atom is 0.0715 e. The quantitative estimate of drug-likeness (QED) is 0.107. The molecule has 0 amide bonds. The van der Waals surface area contributed by atoms with E-state index in [4.69, 9.17) is 0 Å². The average Bonchev–Trinajstić information content (AvgIpc) is 1.64. The fraction of sp³-hybridized carbons (Fsp3) is 0.0118. The molecule has 0 spiro atoms. The van der Waals surface area contributed by atoms with Crippen LogP contribution in [-0.2, 0) is 5.41 Å². The summed E-state index contributed by atoms with van der Waals surface area (Å²) < 4.78 is 0. The predicted molar refractivity (Wildman–Crippen MR) is 366 cm³/mol. The Hall–Kier alpha value is -11.3. The second kappa shape index (κ2) is 23.0. The van der Waals surface area contributed by atoms with Crippen molar-refractivity contribution in [3.05, 3.63) is 386 Å². The van der Waals surface area contributed by atoms with E-state index < -0.39 is 5.41 Å². The summed E-state index contributed by atoms with van der Waals surface area (Å²) in [7, 11) is 0. The number of hydrogen-bond donors (Lipinski definition) is 0. The second-order valence-corrected chi connectivity index (χ2v) is 22.4. The third kappa shape index (κ3) is 9.99. The molecule has 14 aromatic carbocycles. The minimum absolute atomic E-state index is 0.780. The molecule has 2 nitrogen and oxygen atoms in total. The molecule has 87 heavy (non-hydrogen) atoms. The van der Waals surface area contributed by atoms with Crippen LogP contribution in [0.15, 0.2) is 364 Å². The van der Waals surface area contributed by atoms with Gasteiger partial charge in [-0.2, -0.15) is 0 Å². The Bertz CT molecular complexity index is 4250. The van der Waals surface area contributed by atoms with Crippen LogP contribution in [0.2, 0.25) is 0 Å². The molecule has 1 aliphatic carbocycles. The molecule has 2 heteroatoms. The minimum Gasteiger partial charge on any atom is -0.310 e. The molecule has 0 fully saturated rings. The van der Waals surface area contributed by atoms with Gasteiger partial charge in [-0.25, -0.2) is 0 Å². The highest BCUT2D eigenvalue weighted by atomic mass is 15.1. The van der Waals surface area contributed by atoms with Crippen molar-refractivity contribution in [1.29, 1.82) is 0 Å². The van der Waals surface area contributed by atoms with Crippen LogP contribution in [0.25, 0.3) is 77.9 Å². The third-order valence-corrected chi connectivity index (χ3v) is 17.4. The van der Waals surface area contributed by atoms with Gasteiger partial charge in [-0.1, -0.05) is 291 Å². The van der Waals surface area contributed by atoms with Gasteiger partial charge in [0.05, 0.1) is 5.41 Å². The highest BCUT2D eigenvalue weighted by molar-refractivity contribution is 5.92.